The number of nitrogens with zero attached hydrogens (tertiary/aromatic N) is 3. The summed E-state index contributed by atoms with van der Waals surface area (Å²) in [6.45, 7) is 3.65. The van der Waals surface area contributed by atoms with Gasteiger partial charge in [0.05, 0.1) is 23.8 Å². The molecule has 1 aliphatic heterocycles. The number of nitrogen functional groups attached to an aromatic ring is 1. The molecule has 1 aliphatic carbocycles. The predicted molar refractivity (Wildman–Crippen MR) is 124 cm³/mol. The average molecular weight is 437 g/mol. The van der Waals surface area contributed by atoms with E-state index in [2.05, 4.69) is 25.5 Å². The molecule has 1 saturated heterocycles. The van der Waals surface area contributed by atoms with Crippen molar-refractivity contribution in [1.82, 2.24) is 20.2 Å². The number of para-hydroxylation sites is 2. The molecule has 2 aliphatic rings. The SMILES string of the molecule is Nc1ccccc1NC(=O)c1cnc(C(=O)NCCN2CCC3(CCCCC3)CC2)cn1. The second kappa shape index (κ2) is 10.1. The van der Waals surface area contributed by atoms with Gasteiger partial charge in [-0.2, -0.15) is 0 Å². The Morgan fingerprint density at radius 3 is 2.25 bits per heavy atom. The first kappa shape index (κ1) is 22.2. The lowest BCUT2D eigenvalue weighted by Gasteiger charge is -2.44. The van der Waals surface area contributed by atoms with Crippen molar-refractivity contribution in [2.75, 3.05) is 37.2 Å². The summed E-state index contributed by atoms with van der Waals surface area (Å²) in [5, 5.41) is 5.61. The number of aromatic nitrogens is 2. The molecule has 4 rings (SSSR count). The molecule has 0 atom stereocenters. The number of carbonyl (C=O) groups is 2. The molecule has 0 bridgehead atoms. The molecule has 2 heterocycles. The van der Waals surface area contributed by atoms with E-state index in [9.17, 15) is 9.59 Å². The standard InChI is InChI=1S/C24H32N6O2/c25-18-6-2-3-7-19(18)29-23(32)21-17-27-20(16-28-21)22(31)26-12-15-30-13-10-24(11-14-30)8-4-1-5-9-24/h2-3,6-7,16-17H,1,4-5,8-15,25H2,(H,26,31)(H,29,32). The van der Waals surface area contributed by atoms with Crippen LogP contribution in [0.15, 0.2) is 36.7 Å². The third-order valence-electron chi connectivity index (χ3n) is 6.87. The van der Waals surface area contributed by atoms with Crippen molar-refractivity contribution in [2.45, 2.75) is 44.9 Å². The molecule has 32 heavy (non-hydrogen) atoms. The molecular formula is C24H32N6O2. The van der Waals surface area contributed by atoms with Gasteiger partial charge in [0, 0.05) is 13.1 Å². The number of likely N-dealkylation sites (tertiary alicyclic amines) is 1. The first-order chi connectivity index (χ1) is 15.5. The van der Waals surface area contributed by atoms with Gasteiger partial charge >= 0.3 is 0 Å². The second-order valence-corrected chi connectivity index (χ2v) is 8.99. The van der Waals surface area contributed by atoms with Gasteiger partial charge in [-0.05, 0) is 56.3 Å². The Hall–Kier alpha value is -3.00. The van der Waals surface area contributed by atoms with E-state index in [1.807, 2.05) is 0 Å². The number of anilines is 2. The van der Waals surface area contributed by atoms with E-state index >= 15 is 0 Å². The summed E-state index contributed by atoms with van der Waals surface area (Å²) >= 11 is 0. The van der Waals surface area contributed by atoms with Gasteiger partial charge in [-0.25, -0.2) is 9.97 Å². The molecule has 1 aromatic heterocycles. The zero-order valence-electron chi connectivity index (χ0n) is 18.5. The van der Waals surface area contributed by atoms with E-state index in [4.69, 9.17) is 5.73 Å². The highest BCUT2D eigenvalue weighted by Gasteiger charge is 2.35. The summed E-state index contributed by atoms with van der Waals surface area (Å²) in [5.74, 6) is -0.708. The van der Waals surface area contributed by atoms with Crippen LogP contribution in [0.5, 0.6) is 0 Å². The number of rotatable bonds is 6. The van der Waals surface area contributed by atoms with Crippen LogP contribution in [0.2, 0.25) is 0 Å². The summed E-state index contributed by atoms with van der Waals surface area (Å²) < 4.78 is 0. The van der Waals surface area contributed by atoms with Crippen LogP contribution in [-0.4, -0.2) is 52.9 Å². The number of benzene rings is 1. The molecule has 8 nitrogen and oxygen atoms in total. The monoisotopic (exact) mass is 436 g/mol. The van der Waals surface area contributed by atoms with E-state index in [0.29, 0.717) is 23.3 Å². The van der Waals surface area contributed by atoms with Crippen LogP contribution in [0.3, 0.4) is 0 Å². The fraction of sp³-hybridized carbons (Fsp3) is 0.500. The van der Waals surface area contributed by atoms with Crippen molar-refractivity contribution in [3.05, 3.63) is 48.0 Å². The number of nitrogens with one attached hydrogen (secondary N) is 2. The van der Waals surface area contributed by atoms with E-state index in [0.717, 1.165) is 19.6 Å². The van der Waals surface area contributed by atoms with Gasteiger partial charge in [-0.15, -0.1) is 0 Å². The van der Waals surface area contributed by atoms with Crippen LogP contribution < -0.4 is 16.4 Å². The third-order valence-corrected chi connectivity index (χ3v) is 6.87. The Bertz CT molecular complexity index is 930. The summed E-state index contributed by atoms with van der Waals surface area (Å²) in [6.07, 6.45) is 12.1. The lowest BCUT2D eigenvalue weighted by molar-refractivity contribution is 0.0672. The summed E-state index contributed by atoms with van der Waals surface area (Å²) in [5.41, 5.74) is 7.72. The number of hydrogen-bond acceptors (Lipinski definition) is 6. The van der Waals surface area contributed by atoms with Crippen LogP contribution in [0.25, 0.3) is 0 Å². The van der Waals surface area contributed by atoms with Crippen LogP contribution in [-0.2, 0) is 0 Å². The molecule has 170 valence electrons. The minimum Gasteiger partial charge on any atom is -0.397 e. The molecule has 8 heteroatoms. The average Bonchev–Trinajstić information content (AvgIpc) is 2.82. The van der Waals surface area contributed by atoms with Gasteiger partial charge in [-0.3, -0.25) is 9.59 Å². The molecule has 1 spiro atoms. The van der Waals surface area contributed by atoms with Gasteiger partial charge in [-0.1, -0.05) is 31.4 Å². The van der Waals surface area contributed by atoms with E-state index in [-0.39, 0.29) is 17.3 Å². The third kappa shape index (κ3) is 5.43. The highest BCUT2D eigenvalue weighted by atomic mass is 16.2. The fourth-order valence-corrected chi connectivity index (χ4v) is 4.83. The Balaban J connectivity index is 1.21. The van der Waals surface area contributed by atoms with E-state index in [1.54, 1.807) is 24.3 Å². The maximum atomic E-state index is 12.4. The predicted octanol–water partition coefficient (Wildman–Crippen LogP) is 3.09. The molecule has 4 N–H and O–H groups in total. The minimum absolute atomic E-state index is 0.120. The van der Waals surface area contributed by atoms with Gasteiger partial charge < -0.3 is 21.3 Å². The molecule has 2 amide bonds. The van der Waals surface area contributed by atoms with Crippen molar-refractivity contribution in [2.24, 2.45) is 5.41 Å². The quantitative estimate of drug-likeness (QED) is 0.600. The fourth-order valence-electron chi connectivity index (χ4n) is 4.83. The Kier molecular flexibility index (Phi) is 6.99. The summed E-state index contributed by atoms with van der Waals surface area (Å²) in [6, 6.07) is 6.98. The number of hydrogen-bond donors (Lipinski definition) is 3. The van der Waals surface area contributed by atoms with Crippen molar-refractivity contribution < 1.29 is 9.59 Å². The molecule has 2 fully saturated rings. The van der Waals surface area contributed by atoms with Crippen molar-refractivity contribution in [1.29, 1.82) is 0 Å². The molecule has 1 saturated carbocycles. The highest BCUT2D eigenvalue weighted by Crippen LogP contribution is 2.44. The minimum atomic E-state index is -0.428. The molecule has 2 aromatic rings. The Morgan fingerprint density at radius 1 is 0.938 bits per heavy atom. The van der Waals surface area contributed by atoms with E-state index in [1.165, 1.54) is 57.3 Å². The second-order valence-electron chi connectivity index (χ2n) is 8.99. The number of nitrogens with two attached hydrogens (primary N) is 1. The molecule has 1 aromatic carbocycles. The largest absolute Gasteiger partial charge is 0.397 e. The Morgan fingerprint density at radius 2 is 1.59 bits per heavy atom. The first-order valence-electron chi connectivity index (χ1n) is 11.5. The van der Waals surface area contributed by atoms with Crippen LogP contribution >= 0.6 is 0 Å². The van der Waals surface area contributed by atoms with Crippen molar-refractivity contribution >= 4 is 23.2 Å². The number of piperidine rings is 1. The van der Waals surface area contributed by atoms with Crippen molar-refractivity contribution in [3.8, 4) is 0 Å². The summed E-state index contributed by atoms with van der Waals surface area (Å²) in [7, 11) is 0. The Labute approximate surface area is 189 Å². The topological polar surface area (TPSA) is 113 Å². The van der Waals surface area contributed by atoms with E-state index < -0.39 is 5.91 Å². The molecular weight excluding hydrogens is 404 g/mol. The zero-order valence-corrected chi connectivity index (χ0v) is 18.5. The van der Waals surface area contributed by atoms with Crippen LogP contribution in [0.1, 0.15) is 65.9 Å². The normalized spacial score (nSPS) is 18.2. The maximum absolute atomic E-state index is 12.4. The van der Waals surface area contributed by atoms with Gasteiger partial charge in [0.1, 0.15) is 11.4 Å². The summed E-state index contributed by atoms with van der Waals surface area (Å²) in [4.78, 5) is 35.4. The van der Waals surface area contributed by atoms with Crippen LogP contribution in [0, 0.1) is 5.41 Å². The first-order valence-corrected chi connectivity index (χ1v) is 11.5. The molecule has 0 radical (unpaired) electrons. The zero-order chi connectivity index (χ0) is 22.4. The smallest absolute Gasteiger partial charge is 0.275 e. The highest BCUT2D eigenvalue weighted by molar-refractivity contribution is 6.04. The lowest BCUT2D eigenvalue weighted by Crippen LogP contribution is -2.44. The maximum Gasteiger partial charge on any atom is 0.275 e. The van der Waals surface area contributed by atoms with Gasteiger partial charge in [0.25, 0.3) is 11.8 Å². The van der Waals surface area contributed by atoms with Crippen LogP contribution in [0.4, 0.5) is 11.4 Å². The number of amides is 2. The number of carbonyl (C=O) groups excluding carboxylic acids is 2. The molecule has 0 unspecified atom stereocenters. The van der Waals surface area contributed by atoms with Gasteiger partial charge in [0.15, 0.2) is 0 Å². The van der Waals surface area contributed by atoms with Crippen molar-refractivity contribution in [3.63, 3.8) is 0 Å². The van der Waals surface area contributed by atoms with Gasteiger partial charge in [0.2, 0.25) is 0 Å². The lowest BCUT2D eigenvalue weighted by atomic mass is 9.68.